The van der Waals surface area contributed by atoms with Crippen LogP contribution in [0.4, 0.5) is 5.69 Å². The molecule has 1 fully saturated rings. The molecule has 1 atom stereocenters. The van der Waals surface area contributed by atoms with E-state index < -0.39 is 9.84 Å². The minimum absolute atomic E-state index is 0.135. The number of para-hydroxylation sites is 1. The van der Waals surface area contributed by atoms with Crippen LogP contribution in [0.5, 0.6) is 0 Å². The van der Waals surface area contributed by atoms with Gasteiger partial charge in [-0.25, -0.2) is 8.42 Å². The van der Waals surface area contributed by atoms with Crippen LogP contribution < -0.4 is 10.6 Å². The molecule has 0 spiro atoms. The van der Waals surface area contributed by atoms with Crippen LogP contribution in [0, 0.1) is 0 Å². The van der Waals surface area contributed by atoms with E-state index in [1.165, 1.54) is 12.8 Å². The lowest BCUT2D eigenvalue weighted by atomic mass is 10.1. The van der Waals surface area contributed by atoms with Crippen LogP contribution in [0.25, 0.3) is 0 Å². The fourth-order valence-electron chi connectivity index (χ4n) is 2.42. The number of benzene rings is 1. The molecule has 2 N–H and O–H groups in total. The van der Waals surface area contributed by atoms with Crippen molar-refractivity contribution < 1.29 is 8.42 Å². The van der Waals surface area contributed by atoms with Crippen LogP contribution in [0.2, 0.25) is 0 Å². The first kappa shape index (κ1) is 14.3. The van der Waals surface area contributed by atoms with E-state index in [9.17, 15) is 8.42 Å². The van der Waals surface area contributed by atoms with Crippen molar-refractivity contribution in [3.63, 3.8) is 0 Å². The third-order valence-corrected chi connectivity index (χ3v) is 5.36. The van der Waals surface area contributed by atoms with Crippen molar-refractivity contribution in [1.82, 2.24) is 5.32 Å². The smallest absolute Gasteiger partial charge is 0.180 e. The second-order valence-corrected chi connectivity index (χ2v) is 7.15. The number of anilines is 1. The van der Waals surface area contributed by atoms with Crippen LogP contribution in [0.15, 0.2) is 29.2 Å². The van der Waals surface area contributed by atoms with Gasteiger partial charge >= 0.3 is 0 Å². The van der Waals surface area contributed by atoms with Gasteiger partial charge in [-0.05, 0) is 37.9 Å². The third-order valence-electron chi connectivity index (χ3n) is 3.57. The molecule has 1 aromatic carbocycles. The zero-order chi connectivity index (χ0) is 13.7. The number of hydrogen-bond donors (Lipinski definition) is 2. The van der Waals surface area contributed by atoms with Gasteiger partial charge < -0.3 is 10.6 Å². The van der Waals surface area contributed by atoms with E-state index in [4.69, 9.17) is 0 Å². The Balaban J connectivity index is 1.99. The molecule has 0 aromatic heterocycles. The fraction of sp³-hybridized carbons (Fsp3) is 0.571. The lowest BCUT2D eigenvalue weighted by Crippen LogP contribution is -2.24. The largest absolute Gasteiger partial charge is 0.384 e. The highest BCUT2D eigenvalue weighted by atomic mass is 32.2. The normalized spacial score (nSPS) is 19.5. The van der Waals surface area contributed by atoms with Gasteiger partial charge in [0.2, 0.25) is 0 Å². The molecular formula is C14H22N2O2S. The van der Waals surface area contributed by atoms with Crippen LogP contribution in [0.1, 0.15) is 26.2 Å². The first-order valence-electron chi connectivity index (χ1n) is 6.92. The van der Waals surface area contributed by atoms with Crippen molar-refractivity contribution in [1.29, 1.82) is 0 Å². The maximum atomic E-state index is 12.0. The predicted molar refractivity (Wildman–Crippen MR) is 78.3 cm³/mol. The molecule has 0 bridgehead atoms. The summed E-state index contributed by atoms with van der Waals surface area (Å²) >= 11 is 0. The SMILES string of the molecule is CCS(=O)(=O)c1ccccc1NCC[C@H]1CCCN1. The minimum atomic E-state index is -3.16. The van der Waals surface area contributed by atoms with Gasteiger partial charge in [-0.3, -0.25) is 0 Å². The van der Waals surface area contributed by atoms with E-state index in [0.29, 0.717) is 10.9 Å². The lowest BCUT2D eigenvalue weighted by Gasteiger charge is -2.14. The highest BCUT2D eigenvalue weighted by molar-refractivity contribution is 7.91. The Bertz CT molecular complexity index is 508. The summed E-state index contributed by atoms with van der Waals surface area (Å²) in [4.78, 5) is 0.414. The predicted octanol–water partition coefficient (Wildman–Crippen LogP) is 2.03. The van der Waals surface area contributed by atoms with Gasteiger partial charge in [-0.15, -0.1) is 0 Å². The highest BCUT2D eigenvalue weighted by Crippen LogP contribution is 2.22. The summed E-state index contributed by atoms with van der Waals surface area (Å²) in [6.45, 7) is 3.58. The molecule has 1 heterocycles. The van der Waals surface area contributed by atoms with Crippen molar-refractivity contribution in [2.75, 3.05) is 24.2 Å². The summed E-state index contributed by atoms with van der Waals surface area (Å²) in [6, 6.07) is 7.72. The maximum Gasteiger partial charge on any atom is 0.180 e. The molecule has 19 heavy (non-hydrogen) atoms. The van der Waals surface area contributed by atoms with Gasteiger partial charge in [-0.2, -0.15) is 0 Å². The molecule has 0 unspecified atom stereocenters. The van der Waals surface area contributed by atoms with Crippen molar-refractivity contribution >= 4 is 15.5 Å². The van der Waals surface area contributed by atoms with Crippen LogP contribution in [-0.2, 0) is 9.84 Å². The molecule has 0 aliphatic carbocycles. The molecule has 1 saturated heterocycles. The number of rotatable bonds is 6. The molecule has 0 saturated carbocycles. The standard InChI is InChI=1S/C14H22N2O2S/c1-2-19(17,18)14-8-4-3-7-13(14)16-11-9-12-6-5-10-15-12/h3-4,7-8,12,15-16H,2,5-6,9-11H2,1H3/t12-/m1/s1. The van der Waals surface area contributed by atoms with E-state index in [1.807, 2.05) is 12.1 Å². The summed E-state index contributed by atoms with van der Waals surface area (Å²) in [7, 11) is -3.16. The molecule has 1 aromatic rings. The van der Waals surface area contributed by atoms with E-state index >= 15 is 0 Å². The molecule has 106 valence electrons. The summed E-state index contributed by atoms with van der Waals surface area (Å²) in [5.74, 6) is 0.135. The summed E-state index contributed by atoms with van der Waals surface area (Å²) in [5.41, 5.74) is 0.724. The molecule has 1 aliphatic rings. The summed E-state index contributed by atoms with van der Waals surface area (Å²) < 4.78 is 24.0. The molecule has 5 heteroatoms. The number of hydrogen-bond acceptors (Lipinski definition) is 4. The van der Waals surface area contributed by atoms with Gasteiger partial charge in [0.05, 0.1) is 16.3 Å². The first-order chi connectivity index (χ1) is 9.13. The van der Waals surface area contributed by atoms with Crippen molar-refractivity contribution in [2.45, 2.75) is 37.1 Å². The van der Waals surface area contributed by atoms with E-state index in [2.05, 4.69) is 10.6 Å². The molecular weight excluding hydrogens is 260 g/mol. The third kappa shape index (κ3) is 3.70. The second-order valence-electron chi connectivity index (χ2n) is 4.91. The zero-order valence-corrected chi connectivity index (χ0v) is 12.2. The molecule has 4 nitrogen and oxygen atoms in total. The van der Waals surface area contributed by atoms with Crippen LogP contribution >= 0.6 is 0 Å². The Morgan fingerprint density at radius 1 is 1.37 bits per heavy atom. The van der Waals surface area contributed by atoms with E-state index in [0.717, 1.165) is 25.2 Å². The minimum Gasteiger partial charge on any atom is -0.384 e. The van der Waals surface area contributed by atoms with Gasteiger partial charge in [0, 0.05) is 12.6 Å². The molecule has 1 aliphatic heterocycles. The Morgan fingerprint density at radius 3 is 2.84 bits per heavy atom. The van der Waals surface area contributed by atoms with E-state index in [-0.39, 0.29) is 5.75 Å². The van der Waals surface area contributed by atoms with Crippen molar-refractivity contribution in [3.8, 4) is 0 Å². The Labute approximate surface area is 115 Å². The molecule has 0 radical (unpaired) electrons. The monoisotopic (exact) mass is 282 g/mol. The van der Waals surface area contributed by atoms with E-state index in [1.54, 1.807) is 19.1 Å². The summed E-state index contributed by atoms with van der Waals surface area (Å²) in [5, 5.41) is 6.70. The Hall–Kier alpha value is -1.07. The zero-order valence-electron chi connectivity index (χ0n) is 11.4. The highest BCUT2D eigenvalue weighted by Gasteiger charge is 2.17. The van der Waals surface area contributed by atoms with Crippen molar-refractivity contribution in [2.24, 2.45) is 0 Å². The quantitative estimate of drug-likeness (QED) is 0.838. The fourth-order valence-corrected chi connectivity index (χ4v) is 3.50. The van der Waals surface area contributed by atoms with Crippen LogP contribution in [-0.4, -0.2) is 33.3 Å². The average molecular weight is 282 g/mol. The molecule has 0 amide bonds. The van der Waals surface area contributed by atoms with Crippen molar-refractivity contribution in [3.05, 3.63) is 24.3 Å². The average Bonchev–Trinajstić information content (AvgIpc) is 2.92. The number of nitrogens with one attached hydrogen (secondary N) is 2. The van der Waals surface area contributed by atoms with Crippen LogP contribution in [0.3, 0.4) is 0 Å². The topological polar surface area (TPSA) is 58.2 Å². The number of sulfone groups is 1. The maximum absolute atomic E-state index is 12.0. The van der Waals surface area contributed by atoms with Gasteiger partial charge in [-0.1, -0.05) is 19.1 Å². The first-order valence-corrected chi connectivity index (χ1v) is 8.58. The Morgan fingerprint density at radius 2 is 2.16 bits per heavy atom. The molecule has 2 rings (SSSR count). The van der Waals surface area contributed by atoms with Gasteiger partial charge in [0.15, 0.2) is 9.84 Å². The Kier molecular flexibility index (Phi) is 4.82. The van der Waals surface area contributed by atoms with Gasteiger partial charge in [0.25, 0.3) is 0 Å². The lowest BCUT2D eigenvalue weighted by molar-refractivity contribution is 0.574. The second kappa shape index (κ2) is 6.39. The van der Waals surface area contributed by atoms with Gasteiger partial charge in [0.1, 0.15) is 0 Å². The summed E-state index contributed by atoms with van der Waals surface area (Å²) in [6.07, 6.45) is 3.49.